The van der Waals surface area contributed by atoms with Crippen LogP contribution in [0.2, 0.25) is 0 Å². The van der Waals surface area contributed by atoms with E-state index < -0.39 is 0 Å². The molecule has 6 nitrogen and oxygen atoms in total. The zero-order chi connectivity index (χ0) is 13.0. The van der Waals surface area contributed by atoms with E-state index in [1.165, 1.54) is 4.68 Å². The minimum Gasteiger partial charge on any atom is -0.368 e. The fraction of sp³-hybridized carbons (Fsp3) is 0.667. The topological polar surface area (TPSA) is 53.4 Å². The van der Waals surface area contributed by atoms with Crippen LogP contribution in [0, 0.1) is 0 Å². The van der Waals surface area contributed by atoms with Crippen LogP contribution in [0.4, 0.5) is 5.69 Å². The van der Waals surface area contributed by atoms with Crippen molar-refractivity contribution >= 4 is 5.69 Å². The van der Waals surface area contributed by atoms with Crippen molar-refractivity contribution in [3.05, 3.63) is 22.6 Å². The summed E-state index contributed by atoms with van der Waals surface area (Å²) in [5.41, 5.74) is 0.912. The van der Waals surface area contributed by atoms with E-state index in [4.69, 9.17) is 0 Å². The average molecular weight is 251 g/mol. The Hall–Kier alpha value is -1.40. The van der Waals surface area contributed by atoms with Crippen molar-refractivity contribution in [1.82, 2.24) is 20.0 Å². The Bertz CT molecular complexity index is 436. The SMILES string of the molecule is CNCCn1ncc(N2CCN(C)CC2)cc1=O. The highest BCUT2D eigenvalue weighted by molar-refractivity contribution is 5.43. The molecule has 1 aromatic heterocycles. The van der Waals surface area contributed by atoms with Crippen LogP contribution in [-0.4, -0.2) is 61.5 Å². The van der Waals surface area contributed by atoms with Crippen LogP contribution in [0.1, 0.15) is 0 Å². The number of aromatic nitrogens is 2. The molecule has 100 valence electrons. The van der Waals surface area contributed by atoms with Crippen molar-refractivity contribution < 1.29 is 0 Å². The highest BCUT2D eigenvalue weighted by Gasteiger charge is 2.15. The zero-order valence-corrected chi connectivity index (χ0v) is 11.1. The van der Waals surface area contributed by atoms with Gasteiger partial charge in [-0.25, -0.2) is 4.68 Å². The predicted molar refractivity (Wildman–Crippen MR) is 72.1 cm³/mol. The van der Waals surface area contributed by atoms with E-state index in [2.05, 4.69) is 27.3 Å². The Kier molecular flexibility index (Phi) is 4.33. The minimum atomic E-state index is -0.0262. The quantitative estimate of drug-likeness (QED) is 0.760. The molecule has 1 aliphatic rings. The van der Waals surface area contributed by atoms with Crippen LogP contribution >= 0.6 is 0 Å². The lowest BCUT2D eigenvalue weighted by molar-refractivity contribution is 0.312. The molecule has 0 unspecified atom stereocenters. The maximum absolute atomic E-state index is 11.9. The number of hydrogen-bond donors (Lipinski definition) is 1. The van der Waals surface area contributed by atoms with Gasteiger partial charge >= 0.3 is 0 Å². The van der Waals surface area contributed by atoms with Crippen LogP contribution in [0.15, 0.2) is 17.1 Å². The van der Waals surface area contributed by atoms with Crippen LogP contribution < -0.4 is 15.8 Å². The van der Waals surface area contributed by atoms with Crippen LogP contribution in [0.3, 0.4) is 0 Å². The summed E-state index contributed by atoms with van der Waals surface area (Å²) in [4.78, 5) is 16.4. The second kappa shape index (κ2) is 5.97. The molecule has 0 amide bonds. The molecule has 6 heteroatoms. The molecule has 1 N–H and O–H groups in total. The maximum atomic E-state index is 11.9. The number of nitrogens with one attached hydrogen (secondary N) is 1. The normalized spacial score (nSPS) is 17.1. The summed E-state index contributed by atoms with van der Waals surface area (Å²) < 4.78 is 1.50. The third-order valence-electron chi connectivity index (χ3n) is 3.30. The lowest BCUT2D eigenvalue weighted by atomic mass is 10.3. The summed E-state index contributed by atoms with van der Waals surface area (Å²) in [5.74, 6) is 0. The molecule has 0 atom stereocenters. The molecule has 1 saturated heterocycles. The fourth-order valence-corrected chi connectivity index (χ4v) is 2.05. The Morgan fingerprint density at radius 1 is 1.33 bits per heavy atom. The second-order valence-electron chi connectivity index (χ2n) is 4.67. The Morgan fingerprint density at radius 2 is 2.06 bits per heavy atom. The van der Waals surface area contributed by atoms with Gasteiger partial charge in [-0.1, -0.05) is 0 Å². The summed E-state index contributed by atoms with van der Waals surface area (Å²) in [5, 5.41) is 7.23. The molecule has 18 heavy (non-hydrogen) atoms. The molecule has 2 rings (SSSR count). The van der Waals surface area contributed by atoms with E-state index in [1.807, 2.05) is 7.05 Å². The third-order valence-corrected chi connectivity index (χ3v) is 3.30. The van der Waals surface area contributed by atoms with Crippen molar-refractivity contribution in [2.75, 3.05) is 51.7 Å². The highest BCUT2D eigenvalue weighted by Crippen LogP contribution is 2.11. The minimum absolute atomic E-state index is 0.0262. The molecule has 0 saturated carbocycles. The Morgan fingerprint density at radius 3 is 2.67 bits per heavy atom. The first kappa shape index (κ1) is 13.0. The maximum Gasteiger partial charge on any atom is 0.268 e. The summed E-state index contributed by atoms with van der Waals surface area (Å²) in [6.07, 6.45) is 1.79. The third kappa shape index (κ3) is 3.08. The molecule has 0 bridgehead atoms. The second-order valence-corrected chi connectivity index (χ2v) is 4.67. The van der Waals surface area contributed by atoms with E-state index in [0.29, 0.717) is 6.54 Å². The van der Waals surface area contributed by atoms with Gasteiger partial charge in [0, 0.05) is 38.8 Å². The Balaban J connectivity index is 2.06. The van der Waals surface area contributed by atoms with Crippen LogP contribution in [0.25, 0.3) is 0 Å². The Labute approximate surface area is 107 Å². The first-order valence-corrected chi connectivity index (χ1v) is 6.36. The standard InChI is InChI=1S/C12H21N5O/c1-13-3-4-17-12(18)9-11(10-14-17)16-7-5-15(2)6-8-16/h9-10,13H,3-8H2,1-2H3. The molecule has 0 aromatic carbocycles. The molecular weight excluding hydrogens is 230 g/mol. The van der Waals surface area contributed by atoms with Gasteiger partial charge in [0.1, 0.15) is 0 Å². The molecule has 0 radical (unpaired) electrons. The van der Waals surface area contributed by atoms with Gasteiger partial charge in [-0.2, -0.15) is 5.10 Å². The lowest BCUT2D eigenvalue weighted by Crippen LogP contribution is -2.45. The first-order valence-electron chi connectivity index (χ1n) is 6.36. The van der Waals surface area contributed by atoms with E-state index in [-0.39, 0.29) is 5.56 Å². The van der Waals surface area contributed by atoms with E-state index in [1.54, 1.807) is 12.3 Å². The van der Waals surface area contributed by atoms with Crippen molar-refractivity contribution in [2.24, 2.45) is 0 Å². The molecule has 2 heterocycles. The number of hydrogen-bond acceptors (Lipinski definition) is 5. The largest absolute Gasteiger partial charge is 0.368 e. The molecule has 0 aliphatic carbocycles. The van der Waals surface area contributed by atoms with Gasteiger partial charge in [-0.05, 0) is 14.1 Å². The van der Waals surface area contributed by atoms with Gasteiger partial charge in [0.15, 0.2) is 0 Å². The average Bonchev–Trinajstić information content (AvgIpc) is 2.38. The van der Waals surface area contributed by atoms with Crippen LogP contribution in [-0.2, 0) is 6.54 Å². The summed E-state index contributed by atoms with van der Waals surface area (Å²) in [6, 6.07) is 1.69. The van der Waals surface area contributed by atoms with E-state index in [0.717, 1.165) is 38.4 Å². The molecule has 1 aromatic rings. The number of likely N-dealkylation sites (N-methyl/N-ethyl adjacent to an activating group) is 2. The molecular formula is C12H21N5O. The van der Waals surface area contributed by atoms with Gasteiger partial charge in [0.05, 0.1) is 18.4 Å². The smallest absolute Gasteiger partial charge is 0.268 e. The summed E-state index contributed by atoms with van der Waals surface area (Å²) >= 11 is 0. The predicted octanol–water partition coefficient (Wildman–Crippen LogP) is -0.785. The highest BCUT2D eigenvalue weighted by atomic mass is 16.1. The summed E-state index contributed by atoms with van der Waals surface area (Å²) in [6.45, 7) is 5.33. The van der Waals surface area contributed by atoms with E-state index >= 15 is 0 Å². The summed E-state index contributed by atoms with van der Waals surface area (Å²) in [7, 11) is 3.98. The number of anilines is 1. The molecule has 1 aliphatic heterocycles. The van der Waals surface area contributed by atoms with Crippen molar-refractivity contribution in [2.45, 2.75) is 6.54 Å². The zero-order valence-electron chi connectivity index (χ0n) is 11.1. The lowest BCUT2D eigenvalue weighted by Gasteiger charge is -2.33. The van der Waals surface area contributed by atoms with Gasteiger partial charge in [0.2, 0.25) is 0 Å². The first-order chi connectivity index (χ1) is 8.70. The van der Waals surface area contributed by atoms with Crippen molar-refractivity contribution in [3.8, 4) is 0 Å². The molecule has 0 spiro atoms. The van der Waals surface area contributed by atoms with Crippen molar-refractivity contribution in [1.29, 1.82) is 0 Å². The number of nitrogens with zero attached hydrogens (tertiary/aromatic N) is 4. The van der Waals surface area contributed by atoms with Gasteiger partial charge in [0.25, 0.3) is 5.56 Å². The van der Waals surface area contributed by atoms with Crippen LogP contribution in [0.5, 0.6) is 0 Å². The van der Waals surface area contributed by atoms with E-state index in [9.17, 15) is 4.79 Å². The molecule has 1 fully saturated rings. The monoisotopic (exact) mass is 251 g/mol. The van der Waals surface area contributed by atoms with Gasteiger partial charge in [-0.3, -0.25) is 4.79 Å². The van der Waals surface area contributed by atoms with Crippen molar-refractivity contribution in [3.63, 3.8) is 0 Å². The van der Waals surface area contributed by atoms with Gasteiger partial charge in [-0.15, -0.1) is 0 Å². The van der Waals surface area contributed by atoms with Gasteiger partial charge < -0.3 is 15.1 Å². The number of piperazine rings is 1. The fourth-order valence-electron chi connectivity index (χ4n) is 2.05. The number of rotatable bonds is 4.